The minimum absolute atomic E-state index is 0.000648. The highest BCUT2D eigenvalue weighted by molar-refractivity contribution is 5.87. The zero-order chi connectivity index (χ0) is 17.8. The molecule has 2 aromatic rings. The fourth-order valence-electron chi connectivity index (χ4n) is 2.73. The molecule has 0 unspecified atom stereocenters. The van der Waals surface area contributed by atoms with Gasteiger partial charge in [-0.1, -0.05) is 24.3 Å². The molecule has 5 heteroatoms. The van der Waals surface area contributed by atoms with E-state index in [-0.39, 0.29) is 23.7 Å². The Hall–Kier alpha value is -2.69. The summed E-state index contributed by atoms with van der Waals surface area (Å²) in [7, 11) is 0. The number of rotatable bonds is 7. The van der Waals surface area contributed by atoms with Crippen LogP contribution in [0.1, 0.15) is 34.3 Å². The van der Waals surface area contributed by atoms with Gasteiger partial charge >= 0.3 is 5.97 Å². The monoisotopic (exact) mass is 341 g/mol. The Morgan fingerprint density at radius 2 is 1.60 bits per heavy atom. The number of hydrogen-bond donors (Lipinski definition) is 1. The van der Waals surface area contributed by atoms with Crippen LogP contribution in [-0.4, -0.2) is 28.4 Å². The number of carbonyl (C=O) groups is 2. The molecule has 130 valence electrons. The maximum Gasteiger partial charge on any atom is 0.335 e. The number of benzene rings is 2. The van der Waals surface area contributed by atoms with Crippen molar-refractivity contribution in [3.05, 3.63) is 71.0 Å². The second-order valence-electron chi connectivity index (χ2n) is 6.52. The first-order valence-electron chi connectivity index (χ1n) is 8.36. The van der Waals surface area contributed by atoms with Gasteiger partial charge in [0.1, 0.15) is 5.82 Å². The van der Waals surface area contributed by atoms with Crippen molar-refractivity contribution in [2.75, 3.05) is 6.54 Å². The molecule has 0 saturated heterocycles. The van der Waals surface area contributed by atoms with Gasteiger partial charge in [-0.3, -0.25) is 4.79 Å². The van der Waals surface area contributed by atoms with Crippen molar-refractivity contribution in [1.29, 1.82) is 0 Å². The quantitative estimate of drug-likeness (QED) is 0.838. The Kier molecular flexibility index (Phi) is 5.12. The lowest BCUT2D eigenvalue weighted by molar-refractivity contribution is -0.131. The van der Waals surface area contributed by atoms with Gasteiger partial charge in [0.05, 0.1) is 12.0 Å². The van der Waals surface area contributed by atoms with Crippen molar-refractivity contribution in [3.8, 4) is 0 Å². The number of aromatic carboxylic acids is 1. The molecule has 1 N–H and O–H groups in total. The minimum atomic E-state index is -0.982. The zero-order valence-electron chi connectivity index (χ0n) is 13.8. The number of amides is 1. The van der Waals surface area contributed by atoms with Gasteiger partial charge in [-0.15, -0.1) is 0 Å². The van der Waals surface area contributed by atoms with E-state index in [2.05, 4.69) is 0 Å². The highest BCUT2D eigenvalue weighted by atomic mass is 19.1. The molecule has 0 heterocycles. The predicted octanol–water partition coefficient (Wildman–Crippen LogP) is 3.51. The minimum Gasteiger partial charge on any atom is -0.478 e. The van der Waals surface area contributed by atoms with Crippen LogP contribution >= 0.6 is 0 Å². The predicted molar refractivity (Wildman–Crippen MR) is 91.6 cm³/mol. The van der Waals surface area contributed by atoms with Crippen LogP contribution in [0.3, 0.4) is 0 Å². The van der Waals surface area contributed by atoms with Crippen LogP contribution in [0.25, 0.3) is 0 Å². The molecule has 1 saturated carbocycles. The molecule has 0 radical (unpaired) electrons. The van der Waals surface area contributed by atoms with Gasteiger partial charge in [-0.25, -0.2) is 9.18 Å². The smallest absolute Gasteiger partial charge is 0.335 e. The third-order valence-corrected chi connectivity index (χ3v) is 4.37. The fraction of sp³-hybridized carbons (Fsp3) is 0.300. The molecule has 25 heavy (non-hydrogen) atoms. The van der Waals surface area contributed by atoms with Crippen LogP contribution in [0.2, 0.25) is 0 Å². The molecule has 0 spiro atoms. The number of carboxylic acid groups (broad SMARTS) is 1. The average Bonchev–Trinajstić information content (AvgIpc) is 3.41. The second kappa shape index (κ2) is 7.47. The standard InChI is InChI=1S/C20H20FNO3/c21-18-9-5-16(6-10-18)13-22(12-15-1-2-15)19(23)11-14-3-7-17(8-4-14)20(24)25/h3-10,15H,1-2,11-13H2,(H,24,25). The van der Waals surface area contributed by atoms with E-state index in [1.165, 1.54) is 24.3 Å². The summed E-state index contributed by atoms with van der Waals surface area (Å²) in [6.07, 6.45) is 2.51. The molecule has 2 aromatic carbocycles. The van der Waals surface area contributed by atoms with Gasteiger partial charge in [-0.05, 0) is 54.2 Å². The van der Waals surface area contributed by atoms with Crippen molar-refractivity contribution in [2.24, 2.45) is 5.92 Å². The van der Waals surface area contributed by atoms with Gasteiger partial charge in [0, 0.05) is 13.1 Å². The number of carboxylic acids is 1. The van der Waals surface area contributed by atoms with Crippen LogP contribution in [-0.2, 0) is 17.8 Å². The average molecular weight is 341 g/mol. The van der Waals surface area contributed by atoms with Gasteiger partial charge in [0.25, 0.3) is 0 Å². The van der Waals surface area contributed by atoms with E-state index in [0.29, 0.717) is 19.0 Å². The van der Waals surface area contributed by atoms with Crippen LogP contribution in [0, 0.1) is 11.7 Å². The van der Waals surface area contributed by atoms with E-state index in [4.69, 9.17) is 5.11 Å². The van der Waals surface area contributed by atoms with Gasteiger partial charge in [0.2, 0.25) is 5.91 Å². The summed E-state index contributed by atoms with van der Waals surface area (Å²) in [5.74, 6) is -0.718. The summed E-state index contributed by atoms with van der Waals surface area (Å²) >= 11 is 0. The molecule has 3 rings (SSSR count). The first kappa shape index (κ1) is 17.1. The van der Waals surface area contributed by atoms with E-state index < -0.39 is 5.97 Å². The Morgan fingerprint density at radius 1 is 1.00 bits per heavy atom. The normalized spacial score (nSPS) is 13.5. The molecule has 0 bridgehead atoms. The summed E-state index contributed by atoms with van der Waals surface area (Å²) in [5, 5.41) is 8.93. The van der Waals surface area contributed by atoms with Crippen molar-refractivity contribution in [2.45, 2.75) is 25.8 Å². The lowest BCUT2D eigenvalue weighted by Gasteiger charge is -2.23. The van der Waals surface area contributed by atoms with Gasteiger partial charge in [0.15, 0.2) is 0 Å². The first-order chi connectivity index (χ1) is 12.0. The van der Waals surface area contributed by atoms with Crippen LogP contribution in [0.5, 0.6) is 0 Å². The van der Waals surface area contributed by atoms with Crippen molar-refractivity contribution in [3.63, 3.8) is 0 Å². The Morgan fingerprint density at radius 3 is 2.16 bits per heavy atom. The number of halogens is 1. The topological polar surface area (TPSA) is 57.6 Å². The van der Waals surface area contributed by atoms with Crippen molar-refractivity contribution in [1.82, 2.24) is 4.90 Å². The Labute approximate surface area is 145 Å². The number of carbonyl (C=O) groups excluding carboxylic acids is 1. The molecule has 1 fully saturated rings. The second-order valence-corrected chi connectivity index (χ2v) is 6.52. The van der Waals surface area contributed by atoms with E-state index in [1.807, 2.05) is 4.90 Å². The Bertz CT molecular complexity index is 752. The molecule has 4 nitrogen and oxygen atoms in total. The highest BCUT2D eigenvalue weighted by Gasteiger charge is 2.26. The molecule has 0 aliphatic heterocycles. The zero-order valence-corrected chi connectivity index (χ0v) is 13.8. The number of nitrogens with zero attached hydrogens (tertiary/aromatic N) is 1. The maximum atomic E-state index is 13.1. The first-order valence-corrected chi connectivity index (χ1v) is 8.36. The molecule has 1 aliphatic carbocycles. The Balaban J connectivity index is 1.67. The van der Waals surface area contributed by atoms with E-state index in [1.54, 1.807) is 24.3 Å². The van der Waals surface area contributed by atoms with Crippen LogP contribution in [0.15, 0.2) is 48.5 Å². The summed E-state index contributed by atoms with van der Waals surface area (Å²) in [5.41, 5.74) is 1.89. The van der Waals surface area contributed by atoms with Gasteiger partial charge in [-0.2, -0.15) is 0 Å². The number of hydrogen-bond acceptors (Lipinski definition) is 2. The van der Waals surface area contributed by atoms with Crippen LogP contribution in [0.4, 0.5) is 4.39 Å². The molecule has 1 aliphatic rings. The summed E-state index contributed by atoms with van der Waals surface area (Å²) in [6, 6.07) is 12.6. The summed E-state index contributed by atoms with van der Waals surface area (Å²) < 4.78 is 13.1. The van der Waals surface area contributed by atoms with Crippen LogP contribution < -0.4 is 0 Å². The largest absolute Gasteiger partial charge is 0.478 e. The fourth-order valence-corrected chi connectivity index (χ4v) is 2.73. The maximum absolute atomic E-state index is 13.1. The molecule has 0 atom stereocenters. The summed E-state index contributed by atoms with van der Waals surface area (Å²) in [4.78, 5) is 25.4. The summed E-state index contributed by atoms with van der Waals surface area (Å²) in [6.45, 7) is 1.17. The lowest BCUT2D eigenvalue weighted by Crippen LogP contribution is -2.33. The molecular formula is C20H20FNO3. The molecular weight excluding hydrogens is 321 g/mol. The molecule has 1 amide bonds. The van der Waals surface area contributed by atoms with E-state index in [0.717, 1.165) is 24.0 Å². The SMILES string of the molecule is O=C(O)c1ccc(CC(=O)N(Cc2ccc(F)cc2)CC2CC2)cc1. The lowest BCUT2D eigenvalue weighted by atomic mass is 10.1. The van der Waals surface area contributed by atoms with E-state index in [9.17, 15) is 14.0 Å². The van der Waals surface area contributed by atoms with Gasteiger partial charge < -0.3 is 10.0 Å². The van der Waals surface area contributed by atoms with E-state index >= 15 is 0 Å². The van der Waals surface area contributed by atoms with Crippen molar-refractivity contribution >= 4 is 11.9 Å². The highest BCUT2D eigenvalue weighted by Crippen LogP contribution is 2.30. The van der Waals surface area contributed by atoms with Crippen molar-refractivity contribution < 1.29 is 19.1 Å². The third kappa shape index (κ3) is 4.89. The molecule has 0 aromatic heterocycles. The third-order valence-electron chi connectivity index (χ3n) is 4.37.